The number of ether oxygens (including phenoxy) is 2. The molecule has 1 atom stereocenters. The predicted molar refractivity (Wildman–Crippen MR) is 94.4 cm³/mol. The Hall–Kier alpha value is -2.18. The number of nitrogens with zero attached hydrogens (tertiary/aromatic N) is 2. The summed E-state index contributed by atoms with van der Waals surface area (Å²) < 4.78 is 10.4. The number of benzene rings is 1. The number of hydrogen-bond acceptors (Lipinski definition) is 6. The lowest BCUT2D eigenvalue weighted by Crippen LogP contribution is -2.21. The Balaban J connectivity index is 2.03. The molecule has 5 nitrogen and oxygen atoms in total. The molecule has 0 radical (unpaired) electrons. The Morgan fingerprint density at radius 3 is 2.65 bits per heavy atom. The van der Waals surface area contributed by atoms with Gasteiger partial charge in [0.1, 0.15) is 22.7 Å². The van der Waals surface area contributed by atoms with Gasteiger partial charge in [-0.1, -0.05) is 12.1 Å². The van der Waals surface area contributed by atoms with Crippen LogP contribution in [0.15, 0.2) is 36.0 Å². The molecule has 0 aliphatic carbocycles. The molecule has 0 fully saturated rings. The van der Waals surface area contributed by atoms with Gasteiger partial charge < -0.3 is 14.8 Å². The van der Waals surface area contributed by atoms with E-state index < -0.39 is 0 Å². The molecule has 0 unspecified atom stereocenters. The van der Waals surface area contributed by atoms with Gasteiger partial charge in [-0.25, -0.2) is 9.97 Å². The Labute approximate surface area is 139 Å². The molecule has 3 rings (SSSR count). The largest absolute Gasteiger partial charge is 0.497 e. The number of hydrogen-bond donors (Lipinski definition) is 1. The normalized spacial score (nSPS) is 12.3. The highest BCUT2D eigenvalue weighted by Gasteiger charge is 2.14. The van der Waals surface area contributed by atoms with Gasteiger partial charge in [0.05, 0.1) is 19.1 Å². The molecule has 0 spiro atoms. The van der Waals surface area contributed by atoms with Crippen molar-refractivity contribution in [1.29, 1.82) is 0 Å². The highest BCUT2D eigenvalue weighted by atomic mass is 32.1. The minimum Gasteiger partial charge on any atom is -0.497 e. The van der Waals surface area contributed by atoms with Crippen LogP contribution in [0.25, 0.3) is 21.3 Å². The molecule has 1 N–H and O–H groups in total. The van der Waals surface area contributed by atoms with E-state index in [4.69, 9.17) is 9.47 Å². The summed E-state index contributed by atoms with van der Waals surface area (Å²) in [5, 5.41) is 6.58. The Kier molecular flexibility index (Phi) is 4.73. The summed E-state index contributed by atoms with van der Waals surface area (Å²) >= 11 is 1.62. The maximum atomic E-state index is 5.23. The third-order valence-electron chi connectivity index (χ3n) is 3.57. The van der Waals surface area contributed by atoms with Crippen molar-refractivity contribution < 1.29 is 9.47 Å². The third kappa shape index (κ3) is 3.28. The fourth-order valence-corrected chi connectivity index (χ4v) is 3.41. The van der Waals surface area contributed by atoms with Crippen molar-refractivity contribution in [3.8, 4) is 16.9 Å². The average molecular weight is 329 g/mol. The molecule has 0 saturated carbocycles. The molecular formula is C17H19N3O2S. The van der Waals surface area contributed by atoms with Crippen molar-refractivity contribution in [1.82, 2.24) is 9.97 Å². The van der Waals surface area contributed by atoms with E-state index in [2.05, 4.69) is 39.7 Å². The van der Waals surface area contributed by atoms with Gasteiger partial charge in [0, 0.05) is 24.1 Å². The van der Waals surface area contributed by atoms with Gasteiger partial charge >= 0.3 is 0 Å². The monoisotopic (exact) mass is 329 g/mol. The standard InChI is InChI=1S/C17H19N3O2S/c1-11(8-21-2)20-16-15-14(9-23-17(15)19-10-18-16)12-4-6-13(22-3)7-5-12/h4-7,9-11H,8H2,1-3H3,(H,18,19,20)/t11-/m1/s1. The lowest BCUT2D eigenvalue weighted by atomic mass is 10.1. The topological polar surface area (TPSA) is 56.3 Å². The fraction of sp³-hybridized carbons (Fsp3) is 0.294. The van der Waals surface area contributed by atoms with E-state index >= 15 is 0 Å². The summed E-state index contributed by atoms with van der Waals surface area (Å²) in [6.45, 7) is 2.68. The van der Waals surface area contributed by atoms with Crippen molar-refractivity contribution in [2.24, 2.45) is 0 Å². The van der Waals surface area contributed by atoms with E-state index in [1.807, 2.05) is 12.1 Å². The second kappa shape index (κ2) is 6.93. The molecule has 6 heteroatoms. The van der Waals surface area contributed by atoms with Gasteiger partial charge in [-0.05, 0) is 24.6 Å². The quantitative estimate of drug-likeness (QED) is 0.745. The van der Waals surface area contributed by atoms with Crippen molar-refractivity contribution in [3.05, 3.63) is 36.0 Å². The second-order valence-electron chi connectivity index (χ2n) is 5.28. The van der Waals surface area contributed by atoms with E-state index in [0.717, 1.165) is 32.9 Å². The highest BCUT2D eigenvalue weighted by molar-refractivity contribution is 7.17. The van der Waals surface area contributed by atoms with Crippen LogP contribution >= 0.6 is 11.3 Å². The van der Waals surface area contributed by atoms with Gasteiger partial charge in [0.2, 0.25) is 0 Å². The van der Waals surface area contributed by atoms with Crippen LogP contribution in [0.5, 0.6) is 5.75 Å². The summed E-state index contributed by atoms with van der Waals surface area (Å²) in [5.41, 5.74) is 2.25. The van der Waals surface area contributed by atoms with Crippen LogP contribution in [0.4, 0.5) is 5.82 Å². The number of rotatable bonds is 6. The number of fused-ring (bicyclic) bond motifs is 1. The molecule has 0 saturated heterocycles. The fourth-order valence-electron chi connectivity index (χ4n) is 2.49. The summed E-state index contributed by atoms with van der Waals surface area (Å²) in [6, 6.07) is 8.19. The summed E-state index contributed by atoms with van der Waals surface area (Å²) in [4.78, 5) is 9.78. The van der Waals surface area contributed by atoms with Gasteiger partial charge in [0.15, 0.2) is 0 Å². The molecule has 0 bridgehead atoms. The van der Waals surface area contributed by atoms with Gasteiger partial charge in [-0.2, -0.15) is 0 Å². The Morgan fingerprint density at radius 2 is 1.96 bits per heavy atom. The lowest BCUT2D eigenvalue weighted by molar-refractivity contribution is 0.190. The first kappa shape index (κ1) is 15.7. The molecule has 2 aromatic heterocycles. The molecule has 1 aromatic carbocycles. The highest BCUT2D eigenvalue weighted by Crippen LogP contribution is 2.37. The Morgan fingerprint density at radius 1 is 1.17 bits per heavy atom. The number of thiophene rings is 1. The van der Waals surface area contributed by atoms with Crippen molar-refractivity contribution >= 4 is 27.4 Å². The van der Waals surface area contributed by atoms with Gasteiger partial charge in [0.25, 0.3) is 0 Å². The van der Waals surface area contributed by atoms with Crippen LogP contribution < -0.4 is 10.1 Å². The van der Waals surface area contributed by atoms with E-state index in [9.17, 15) is 0 Å². The minimum absolute atomic E-state index is 0.168. The maximum absolute atomic E-state index is 5.23. The first-order valence-electron chi connectivity index (χ1n) is 7.35. The van der Waals surface area contributed by atoms with Crippen molar-refractivity contribution in [2.75, 3.05) is 26.1 Å². The molecule has 0 aliphatic rings. The molecular weight excluding hydrogens is 310 g/mol. The van der Waals surface area contributed by atoms with E-state index in [-0.39, 0.29) is 6.04 Å². The average Bonchev–Trinajstić information content (AvgIpc) is 3.00. The van der Waals surface area contributed by atoms with Crippen molar-refractivity contribution in [3.63, 3.8) is 0 Å². The third-order valence-corrected chi connectivity index (χ3v) is 4.46. The van der Waals surface area contributed by atoms with Crippen LogP contribution in [0.1, 0.15) is 6.92 Å². The maximum Gasteiger partial charge on any atom is 0.139 e. The number of methoxy groups -OCH3 is 2. The molecule has 2 heterocycles. The Bertz CT molecular complexity index is 786. The molecule has 0 amide bonds. The number of aromatic nitrogens is 2. The minimum atomic E-state index is 0.168. The van der Waals surface area contributed by atoms with Crippen LogP contribution in [0.2, 0.25) is 0 Å². The zero-order valence-electron chi connectivity index (χ0n) is 13.4. The van der Waals surface area contributed by atoms with Crippen LogP contribution in [-0.2, 0) is 4.74 Å². The van der Waals surface area contributed by atoms with Crippen LogP contribution in [0.3, 0.4) is 0 Å². The predicted octanol–water partition coefficient (Wildman–Crippen LogP) is 3.81. The number of nitrogens with one attached hydrogen (secondary N) is 1. The SMILES string of the molecule is COC[C@@H](C)Nc1ncnc2scc(-c3ccc(OC)cc3)c12. The van der Waals surface area contributed by atoms with E-state index in [1.54, 1.807) is 31.9 Å². The lowest BCUT2D eigenvalue weighted by Gasteiger charge is -2.14. The molecule has 0 aliphatic heterocycles. The zero-order chi connectivity index (χ0) is 16.2. The van der Waals surface area contributed by atoms with Crippen LogP contribution in [-0.4, -0.2) is 36.8 Å². The van der Waals surface area contributed by atoms with E-state index in [1.165, 1.54) is 0 Å². The number of anilines is 1. The van der Waals surface area contributed by atoms with Gasteiger partial charge in [-0.15, -0.1) is 11.3 Å². The smallest absolute Gasteiger partial charge is 0.139 e. The molecule has 120 valence electrons. The zero-order valence-corrected chi connectivity index (χ0v) is 14.2. The van der Waals surface area contributed by atoms with Crippen LogP contribution in [0, 0.1) is 0 Å². The summed E-state index contributed by atoms with van der Waals surface area (Å²) in [6.07, 6.45) is 1.60. The first-order chi connectivity index (χ1) is 11.2. The van der Waals surface area contributed by atoms with Gasteiger partial charge in [-0.3, -0.25) is 0 Å². The second-order valence-corrected chi connectivity index (χ2v) is 6.14. The summed E-state index contributed by atoms with van der Waals surface area (Å²) in [7, 11) is 3.36. The molecule has 23 heavy (non-hydrogen) atoms. The summed E-state index contributed by atoms with van der Waals surface area (Å²) in [5.74, 6) is 1.68. The molecule has 3 aromatic rings. The first-order valence-corrected chi connectivity index (χ1v) is 8.23. The van der Waals surface area contributed by atoms with E-state index in [0.29, 0.717) is 6.61 Å². The van der Waals surface area contributed by atoms with Crippen molar-refractivity contribution in [2.45, 2.75) is 13.0 Å².